The van der Waals surface area contributed by atoms with E-state index in [0.29, 0.717) is 6.42 Å². The number of benzene rings is 1. The Morgan fingerprint density at radius 1 is 1.37 bits per heavy atom. The molecule has 0 aliphatic heterocycles. The van der Waals surface area contributed by atoms with Crippen LogP contribution in [0.4, 0.5) is 0 Å². The molecule has 0 spiro atoms. The lowest BCUT2D eigenvalue weighted by Crippen LogP contribution is -2.10. The van der Waals surface area contributed by atoms with Gasteiger partial charge in [-0.25, -0.2) is 9.59 Å². The molecule has 0 heterocycles. The van der Waals surface area contributed by atoms with Crippen LogP contribution >= 0.6 is 0 Å². The first-order valence-electron chi connectivity index (χ1n) is 5.84. The molecule has 5 nitrogen and oxygen atoms in total. The molecular weight excluding hydrogens is 248 g/mol. The van der Waals surface area contributed by atoms with Crippen LogP contribution < -0.4 is 4.74 Å². The number of carbonyl (C=O) groups is 2. The van der Waals surface area contributed by atoms with Crippen LogP contribution in [0.1, 0.15) is 30.6 Å². The number of ether oxygens (including phenoxy) is 2. The predicted molar refractivity (Wildman–Crippen MR) is 69.1 cm³/mol. The summed E-state index contributed by atoms with van der Waals surface area (Å²) in [5.41, 5.74) is 0.152. The van der Waals surface area contributed by atoms with Crippen molar-refractivity contribution in [1.29, 1.82) is 0 Å². The number of esters is 2. The Hall–Kier alpha value is -2.30. The third-order valence-electron chi connectivity index (χ3n) is 2.21. The van der Waals surface area contributed by atoms with Gasteiger partial charge in [-0.2, -0.15) is 0 Å². The first kappa shape index (κ1) is 14.8. The molecule has 0 atom stereocenters. The molecule has 0 aromatic heterocycles. The van der Waals surface area contributed by atoms with E-state index < -0.39 is 17.7 Å². The number of hydrogen-bond donors (Lipinski definition) is 1. The maximum Gasteiger partial charge on any atom is 0.342 e. The number of phenols is 1. The van der Waals surface area contributed by atoms with Crippen molar-refractivity contribution in [3.8, 4) is 11.5 Å². The van der Waals surface area contributed by atoms with Crippen molar-refractivity contribution in [3.05, 3.63) is 35.9 Å². The molecule has 1 rings (SSSR count). The molecule has 0 fully saturated rings. The molecule has 0 radical (unpaired) electrons. The van der Waals surface area contributed by atoms with Crippen LogP contribution in [0.25, 0.3) is 0 Å². The zero-order valence-corrected chi connectivity index (χ0v) is 10.9. The lowest BCUT2D eigenvalue weighted by Gasteiger charge is -2.09. The van der Waals surface area contributed by atoms with E-state index in [1.54, 1.807) is 0 Å². The molecule has 0 bridgehead atoms. The highest BCUT2D eigenvalue weighted by molar-refractivity contribution is 5.94. The van der Waals surface area contributed by atoms with Gasteiger partial charge in [0, 0.05) is 5.57 Å². The maximum atomic E-state index is 11.7. The van der Waals surface area contributed by atoms with Gasteiger partial charge in [-0.15, -0.1) is 0 Å². The molecule has 0 aliphatic carbocycles. The second kappa shape index (κ2) is 6.58. The number of aromatic hydroxyl groups is 1. The smallest absolute Gasteiger partial charge is 0.342 e. The van der Waals surface area contributed by atoms with Crippen molar-refractivity contribution in [1.82, 2.24) is 0 Å². The Morgan fingerprint density at radius 2 is 2.05 bits per heavy atom. The van der Waals surface area contributed by atoms with Gasteiger partial charge < -0.3 is 14.6 Å². The molecular formula is C14H16O5. The lowest BCUT2D eigenvalue weighted by molar-refractivity contribution is -0.130. The quantitative estimate of drug-likeness (QED) is 0.502. The van der Waals surface area contributed by atoms with Crippen LogP contribution in [0.15, 0.2) is 30.4 Å². The van der Waals surface area contributed by atoms with Gasteiger partial charge in [-0.3, -0.25) is 0 Å². The monoisotopic (exact) mass is 264 g/mol. The van der Waals surface area contributed by atoms with Gasteiger partial charge in [0.15, 0.2) is 11.5 Å². The van der Waals surface area contributed by atoms with E-state index >= 15 is 0 Å². The van der Waals surface area contributed by atoms with Crippen LogP contribution in [0.3, 0.4) is 0 Å². The Bertz CT molecular complexity index is 505. The van der Waals surface area contributed by atoms with Crippen LogP contribution in [-0.4, -0.2) is 23.7 Å². The van der Waals surface area contributed by atoms with Gasteiger partial charge in [0.05, 0.1) is 6.61 Å². The molecule has 0 saturated carbocycles. The lowest BCUT2D eigenvalue weighted by atomic mass is 10.2. The van der Waals surface area contributed by atoms with E-state index in [1.807, 2.05) is 6.92 Å². The van der Waals surface area contributed by atoms with Gasteiger partial charge in [-0.05, 0) is 25.5 Å². The molecule has 1 aromatic carbocycles. The van der Waals surface area contributed by atoms with Gasteiger partial charge in [0.25, 0.3) is 0 Å². The van der Waals surface area contributed by atoms with Crippen LogP contribution in [-0.2, 0) is 9.53 Å². The number of para-hydroxylation sites is 1. The fraction of sp³-hybridized carbons (Fsp3) is 0.286. The number of phenolic OH excluding ortho intramolecular Hbond substituents is 1. The van der Waals surface area contributed by atoms with E-state index in [9.17, 15) is 14.7 Å². The van der Waals surface area contributed by atoms with E-state index in [4.69, 9.17) is 9.47 Å². The Morgan fingerprint density at radius 3 is 2.63 bits per heavy atom. The minimum atomic E-state index is -0.672. The molecule has 0 amide bonds. The second-order valence-electron chi connectivity index (χ2n) is 3.96. The van der Waals surface area contributed by atoms with Crippen molar-refractivity contribution in [2.75, 3.05) is 6.61 Å². The molecule has 102 valence electrons. The standard InChI is InChI=1S/C14H16O5/c1-4-8-18-14(17)10-6-5-7-11(12(10)15)19-13(16)9(2)3/h5-7,15H,2,4,8H2,1,3H3. The van der Waals surface area contributed by atoms with Crippen molar-refractivity contribution >= 4 is 11.9 Å². The molecule has 0 unspecified atom stereocenters. The van der Waals surface area contributed by atoms with Crippen LogP contribution in [0.2, 0.25) is 0 Å². The van der Waals surface area contributed by atoms with Gasteiger partial charge in [0.2, 0.25) is 0 Å². The second-order valence-corrected chi connectivity index (χ2v) is 3.96. The fourth-order valence-corrected chi connectivity index (χ4v) is 1.23. The third kappa shape index (κ3) is 3.84. The van der Waals surface area contributed by atoms with Crippen molar-refractivity contribution < 1.29 is 24.2 Å². The normalized spacial score (nSPS) is 9.79. The minimum Gasteiger partial charge on any atom is -0.504 e. The number of rotatable bonds is 5. The van der Waals surface area contributed by atoms with E-state index in [0.717, 1.165) is 0 Å². The molecule has 1 N–H and O–H groups in total. The Kier molecular flexibility index (Phi) is 5.11. The van der Waals surface area contributed by atoms with Gasteiger partial charge in [0.1, 0.15) is 5.56 Å². The van der Waals surface area contributed by atoms with E-state index in [1.165, 1.54) is 25.1 Å². The fourth-order valence-electron chi connectivity index (χ4n) is 1.23. The summed E-state index contributed by atoms with van der Waals surface area (Å²) in [6, 6.07) is 4.27. The summed E-state index contributed by atoms with van der Waals surface area (Å²) in [7, 11) is 0. The molecule has 0 saturated heterocycles. The van der Waals surface area contributed by atoms with Crippen LogP contribution in [0.5, 0.6) is 11.5 Å². The van der Waals surface area contributed by atoms with Gasteiger partial charge >= 0.3 is 11.9 Å². The summed E-state index contributed by atoms with van der Waals surface area (Å²) in [6.45, 7) is 7.03. The topological polar surface area (TPSA) is 72.8 Å². The highest BCUT2D eigenvalue weighted by Gasteiger charge is 2.18. The molecule has 1 aromatic rings. The maximum absolute atomic E-state index is 11.7. The molecule has 5 heteroatoms. The van der Waals surface area contributed by atoms with E-state index in [2.05, 4.69) is 6.58 Å². The number of carbonyl (C=O) groups excluding carboxylic acids is 2. The highest BCUT2D eigenvalue weighted by atomic mass is 16.5. The summed E-state index contributed by atoms with van der Waals surface area (Å²) < 4.78 is 9.81. The van der Waals surface area contributed by atoms with Crippen LogP contribution in [0, 0.1) is 0 Å². The largest absolute Gasteiger partial charge is 0.504 e. The first-order valence-corrected chi connectivity index (χ1v) is 5.84. The third-order valence-corrected chi connectivity index (χ3v) is 2.21. The minimum absolute atomic E-state index is 0.0412. The average molecular weight is 264 g/mol. The number of hydrogen-bond acceptors (Lipinski definition) is 5. The predicted octanol–water partition coefficient (Wildman–Crippen LogP) is 2.44. The highest BCUT2D eigenvalue weighted by Crippen LogP contribution is 2.30. The molecule has 19 heavy (non-hydrogen) atoms. The average Bonchev–Trinajstić information content (AvgIpc) is 2.38. The summed E-state index contributed by atoms with van der Waals surface area (Å²) in [4.78, 5) is 23.0. The Labute approximate surface area is 111 Å². The van der Waals surface area contributed by atoms with Gasteiger partial charge in [-0.1, -0.05) is 19.6 Å². The first-order chi connectivity index (χ1) is 8.97. The SMILES string of the molecule is C=C(C)C(=O)Oc1cccc(C(=O)OCCC)c1O. The zero-order chi connectivity index (χ0) is 14.4. The summed E-state index contributed by atoms with van der Waals surface area (Å²) in [5, 5.41) is 9.88. The summed E-state index contributed by atoms with van der Waals surface area (Å²) >= 11 is 0. The van der Waals surface area contributed by atoms with Crippen molar-refractivity contribution in [2.45, 2.75) is 20.3 Å². The zero-order valence-electron chi connectivity index (χ0n) is 10.9. The van der Waals surface area contributed by atoms with Crippen molar-refractivity contribution in [2.24, 2.45) is 0 Å². The Balaban J connectivity index is 2.95. The van der Waals surface area contributed by atoms with E-state index in [-0.39, 0.29) is 23.5 Å². The van der Waals surface area contributed by atoms with Crippen molar-refractivity contribution in [3.63, 3.8) is 0 Å². The summed E-state index contributed by atoms with van der Waals surface area (Å²) in [6.07, 6.45) is 0.677. The molecule has 0 aliphatic rings. The summed E-state index contributed by atoms with van der Waals surface area (Å²) in [5.74, 6) is -1.85.